The third-order valence-corrected chi connectivity index (χ3v) is 1.48. The molecular weight excluding hydrogens is 170 g/mol. The molecule has 0 atom stereocenters. The second-order valence-corrected chi connectivity index (χ2v) is 2.33. The van der Waals surface area contributed by atoms with Crippen LogP contribution in [0.15, 0.2) is 29.4 Å². The van der Waals surface area contributed by atoms with E-state index in [0.717, 1.165) is 0 Å². The number of hydrogen-bond acceptors (Lipinski definition) is 3. The number of rotatable bonds is 3. The van der Waals surface area contributed by atoms with E-state index in [0.29, 0.717) is 0 Å². The minimum atomic E-state index is -0.393. The summed E-state index contributed by atoms with van der Waals surface area (Å²) in [5.41, 5.74) is 8.15. The molecule has 0 unspecified atom stereocenters. The Morgan fingerprint density at radius 1 is 1.54 bits per heavy atom. The Hall–Kier alpha value is -2.00. The van der Waals surface area contributed by atoms with Gasteiger partial charge in [0.15, 0.2) is 5.78 Å². The number of phenols is 1. The van der Waals surface area contributed by atoms with Crippen LogP contribution in [0.2, 0.25) is 0 Å². The average molecular weight is 177 g/mol. The fraction of sp³-hybridized carbons (Fsp3) is 0.125. The van der Waals surface area contributed by atoms with Crippen molar-refractivity contribution in [2.75, 3.05) is 6.54 Å². The van der Waals surface area contributed by atoms with E-state index in [4.69, 9.17) is 5.53 Å². The van der Waals surface area contributed by atoms with E-state index in [1.165, 1.54) is 12.1 Å². The second kappa shape index (κ2) is 4.13. The molecule has 5 nitrogen and oxygen atoms in total. The van der Waals surface area contributed by atoms with Crippen molar-refractivity contribution in [1.29, 1.82) is 0 Å². The first-order chi connectivity index (χ1) is 6.25. The molecule has 1 aromatic carbocycles. The quantitative estimate of drug-likeness (QED) is 0.330. The van der Waals surface area contributed by atoms with Crippen LogP contribution in [-0.4, -0.2) is 17.4 Å². The van der Waals surface area contributed by atoms with Crippen LogP contribution in [-0.2, 0) is 0 Å². The molecule has 0 saturated carbocycles. The Labute approximate surface area is 74.3 Å². The maximum atomic E-state index is 11.2. The van der Waals surface area contributed by atoms with E-state index in [9.17, 15) is 9.90 Å². The van der Waals surface area contributed by atoms with Crippen LogP contribution in [0.4, 0.5) is 0 Å². The summed E-state index contributed by atoms with van der Waals surface area (Å²) in [6, 6.07) is 6.12. The van der Waals surface area contributed by atoms with Gasteiger partial charge in [0.1, 0.15) is 5.75 Å². The van der Waals surface area contributed by atoms with Crippen LogP contribution in [0.5, 0.6) is 5.75 Å². The molecule has 0 radical (unpaired) electrons. The molecule has 5 heteroatoms. The second-order valence-electron chi connectivity index (χ2n) is 2.33. The normalized spacial score (nSPS) is 8.92. The zero-order valence-corrected chi connectivity index (χ0v) is 6.71. The molecule has 0 amide bonds. The van der Waals surface area contributed by atoms with Gasteiger partial charge in [-0.1, -0.05) is 17.2 Å². The number of carbonyl (C=O) groups excluding carboxylic acids is 1. The Balaban J connectivity index is 2.88. The zero-order chi connectivity index (χ0) is 9.68. The van der Waals surface area contributed by atoms with Crippen molar-refractivity contribution in [2.45, 2.75) is 0 Å². The van der Waals surface area contributed by atoms with Gasteiger partial charge in [-0.25, -0.2) is 0 Å². The number of nitrogens with zero attached hydrogens (tertiary/aromatic N) is 3. The molecule has 0 bridgehead atoms. The Bertz CT molecular complexity index is 369. The van der Waals surface area contributed by atoms with E-state index in [-0.39, 0.29) is 17.9 Å². The highest BCUT2D eigenvalue weighted by atomic mass is 16.3. The van der Waals surface area contributed by atoms with Gasteiger partial charge in [-0.05, 0) is 17.7 Å². The third-order valence-electron chi connectivity index (χ3n) is 1.48. The summed E-state index contributed by atoms with van der Waals surface area (Å²) in [5.74, 6) is -0.489. The first-order valence-corrected chi connectivity index (χ1v) is 3.57. The molecule has 13 heavy (non-hydrogen) atoms. The topological polar surface area (TPSA) is 86.1 Å². The summed E-state index contributed by atoms with van der Waals surface area (Å²) in [6.45, 7) is -0.270. The number of aromatic hydroxyl groups is 1. The van der Waals surface area contributed by atoms with E-state index < -0.39 is 5.78 Å². The van der Waals surface area contributed by atoms with Crippen LogP contribution in [0, 0.1) is 0 Å². The Morgan fingerprint density at radius 3 is 2.85 bits per heavy atom. The molecule has 1 rings (SSSR count). The van der Waals surface area contributed by atoms with Crippen molar-refractivity contribution in [3.8, 4) is 5.75 Å². The minimum absolute atomic E-state index is 0.0966. The fourth-order valence-corrected chi connectivity index (χ4v) is 0.890. The molecule has 0 aliphatic carbocycles. The number of Topliss-reactive ketones (excluding diaryl/α,β-unsaturated/α-hetero) is 1. The van der Waals surface area contributed by atoms with Gasteiger partial charge >= 0.3 is 0 Å². The molecule has 0 aliphatic rings. The maximum absolute atomic E-state index is 11.2. The van der Waals surface area contributed by atoms with Crippen LogP contribution >= 0.6 is 0 Å². The van der Waals surface area contributed by atoms with Gasteiger partial charge in [0.2, 0.25) is 0 Å². The predicted octanol–water partition coefficient (Wildman–Crippen LogP) is 1.89. The van der Waals surface area contributed by atoms with Gasteiger partial charge in [-0.3, -0.25) is 4.79 Å². The van der Waals surface area contributed by atoms with Crippen molar-refractivity contribution in [1.82, 2.24) is 0 Å². The van der Waals surface area contributed by atoms with E-state index >= 15 is 0 Å². The Morgan fingerprint density at radius 2 is 2.23 bits per heavy atom. The van der Waals surface area contributed by atoms with Crippen LogP contribution in [0.3, 0.4) is 0 Å². The van der Waals surface area contributed by atoms with E-state index in [1.54, 1.807) is 12.1 Å². The van der Waals surface area contributed by atoms with Crippen molar-refractivity contribution in [3.05, 3.63) is 40.3 Å². The number of carbonyl (C=O) groups is 1. The smallest absolute Gasteiger partial charge is 0.172 e. The van der Waals surface area contributed by atoms with E-state index in [2.05, 4.69) is 10.0 Å². The summed E-state index contributed by atoms with van der Waals surface area (Å²) in [4.78, 5) is 13.7. The van der Waals surface area contributed by atoms with Crippen LogP contribution in [0.1, 0.15) is 10.4 Å². The molecule has 0 aromatic heterocycles. The minimum Gasteiger partial charge on any atom is -0.507 e. The highest BCUT2D eigenvalue weighted by Gasteiger charge is 2.07. The number of azide groups is 1. The molecule has 0 spiro atoms. The van der Waals surface area contributed by atoms with Gasteiger partial charge in [-0.2, -0.15) is 0 Å². The summed E-state index contributed by atoms with van der Waals surface area (Å²) < 4.78 is 0. The van der Waals surface area contributed by atoms with Crippen molar-refractivity contribution in [2.24, 2.45) is 5.11 Å². The molecular formula is C8H7N3O2. The molecule has 0 aliphatic heterocycles. The van der Waals surface area contributed by atoms with Crippen molar-refractivity contribution in [3.63, 3.8) is 0 Å². The third kappa shape index (κ3) is 2.21. The largest absolute Gasteiger partial charge is 0.507 e. The number of phenolic OH excluding ortho intramolecular Hbond substituents is 1. The van der Waals surface area contributed by atoms with E-state index in [1.807, 2.05) is 0 Å². The van der Waals surface area contributed by atoms with Gasteiger partial charge in [-0.15, -0.1) is 0 Å². The Kier molecular flexibility index (Phi) is 2.89. The summed E-state index contributed by atoms with van der Waals surface area (Å²) in [7, 11) is 0. The fourth-order valence-electron chi connectivity index (χ4n) is 0.890. The first-order valence-electron chi connectivity index (χ1n) is 3.57. The predicted molar refractivity (Wildman–Crippen MR) is 46.5 cm³/mol. The monoisotopic (exact) mass is 177 g/mol. The van der Waals surface area contributed by atoms with Gasteiger partial charge in [0, 0.05) is 4.91 Å². The molecule has 0 heterocycles. The number of hydrogen-bond donors (Lipinski definition) is 1. The van der Waals surface area contributed by atoms with Crippen LogP contribution < -0.4 is 0 Å². The lowest BCUT2D eigenvalue weighted by Gasteiger charge is -1.99. The lowest BCUT2D eigenvalue weighted by molar-refractivity contribution is 0.0999. The molecule has 66 valence electrons. The number of ketones is 1. The lowest BCUT2D eigenvalue weighted by atomic mass is 10.1. The molecule has 0 fully saturated rings. The molecule has 0 saturated heterocycles. The van der Waals surface area contributed by atoms with Gasteiger partial charge < -0.3 is 5.11 Å². The highest BCUT2D eigenvalue weighted by molar-refractivity contribution is 5.99. The first kappa shape index (κ1) is 9.09. The molecule has 1 N–H and O–H groups in total. The maximum Gasteiger partial charge on any atom is 0.172 e. The number of benzene rings is 1. The van der Waals surface area contributed by atoms with Crippen molar-refractivity contribution >= 4 is 5.78 Å². The summed E-state index contributed by atoms with van der Waals surface area (Å²) >= 11 is 0. The SMILES string of the molecule is [N-]=[N+]=NCC(=O)c1ccccc1O. The van der Waals surface area contributed by atoms with Crippen LogP contribution in [0.25, 0.3) is 10.4 Å². The van der Waals surface area contributed by atoms with Gasteiger partial charge in [0.05, 0.1) is 12.1 Å². The highest BCUT2D eigenvalue weighted by Crippen LogP contribution is 2.15. The summed E-state index contributed by atoms with van der Waals surface area (Å²) in [6.07, 6.45) is 0. The average Bonchev–Trinajstić information content (AvgIpc) is 2.15. The zero-order valence-electron chi connectivity index (χ0n) is 6.71. The van der Waals surface area contributed by atoms with Gasteiger partial charge in [0.25, 0.3) is 0 Å². The lowest BCUT2D eigenvalue weighted by Crippen LogP contribution is -2.02. The summed E-state index contributed by atoms with van der Waals surface area (Å²) in [5, 5.41) is 12.3. The number of para-hydroxylation sites is 1. The van der Waals surface area contributed by atoms with Crippen molar-refractivity contribution < 1.29 is 9.90 Å². The standard InChI is InChI=1S/C8H7N3O2/c9-11-10-5-8(13)6-3-1-2-4-7(6)12/h1-4,12H,5H2. The molecule has 1 aromatic rings.